The van der Waals surface area contributed by atoms with Crippen molar-refractivity contribution in [2.24, 2.45) is 5.73 Å². The van der Waals surface area contributed by atoms with Crippen LogP contribution in [0.1, 0.15) is 39.6 Å². The summed E-state index contributed by atoms with van der Waals surface area (Å²) in [6.45, 7) is 2.96. The van der Waals surface area contributed by atoms with Gasteiger partial charge in [-0.05, 0) is 43.7 Å². The summed E-state index contributed by atoms with van der Waals surface area (Å²) in [6.07, 6.45) is -3.74. The average Bonchev–Trinajstić information content (AvgIpc) is 2.73. The molecule has 1 aliphatic heterocycles. The van der Waals surface area contributed by atoms with Gasteiger partial charge >= 0.3 is 6.18 Å². The lowest BCUT2D eigenvalue weighted by Crippen LogP contribution is -2.44. The van der Waals surface area contributed by atoms with Crippen LogP contribution in [-0.2, 0) is 6.18 Å². The first-order chi connectivity index (χ1) is 14.7. The Labute approximate surface area is 177 Å². The number of rotatable bonds is 4. The number of halogens is 3. The quantitative estimate of drug-likeness (QED) is 0.589. The number of nitrogens with zero attached hydrogens (tertiary/aromatic N) is 2. The van der Waals surface area contributed by atoms with Crippen molar-refractivity contribution < 1.29 is 18.0 Å². The summed E-state index contributed by atoms with van der Waals surface area (Å²) in [4.78, 5) is 20.9. The van der Waals surface area contributed by atoms with Crippen LogP contribution in [0.5, 0.6) is 0 Å². The highest BCUT2D eigenvalue weighted by Crippen LogP contribution is 2.35. The maximum Gasteiger partial charge on any atom is 0.416 e. The summed E-state index contributed by atoms with van der Waals surface area (Å²) in [6, 6.07) is 10.3. The van der Waals surface area contributed by atoms with Crippen LogP contribution in [0.3, 0.4) is 0 Å². The van der Waals surface area contributed by atoms with Crippen molar-refractivity contribution in [3.05, 3.63) is 65.0 Å². The molecule has 162 valence electrons. The molecule has 1 aliphatic rings. The van der Waals surface area contributed by atoms with Gasteiger partial charge in [-0.3, -0.25) is 4.79 Å². The number of carbonyl (C=O) groups excluding carboxylic acids is 1. The van der Waals surface area contributed by atoms with Gasteiger partial charge in [-0.25, -0.2) is 9.97 Å². The summed E-state index contributed by atoms with van der Waals surface area (Å²) < 4.78 is 39.7. The van der Waals surface area contributed by atoms with Crippen LogP contribution in [0.4, 0.5) is 19.0 Å². The SMILES string of the molecule is Cc1nc(N[C@H]2CNCC[C@@H]2c2cccc(C(F)(F)F)c2)c2c(C(N)=O)cccc2n1. The van der Waals surface area contributed by atoms with Crippen molar-refractivity contribution in [2.45, 2.75) is 31.5 Å². The van der Waals surface area contributed by atoms with E-state index < -0.39 is 17.6 Å². The Hall–Kier alpha value is -3.20. The number of fused-ring (bicyclic) bond motifs is 1. The van der Waals surface area contributed by atoms with Crippen molar-refractivity contribution in [3.63, 3.8) is 0 Å². The molecule has 2 atom stereocenters. The second kappa shape index (κ2) is 8.14. The van der Waals surface area contributed by atoms with E-state index in [-0.39, 0.29) is 12.0 Å². The number of piperidine rings is 1. The summed E-state index contributed by atoms with van der Waals surface area (Å²) >= 11 is 0. The predicted octanol–water partition coefficient (Wildman–Crippen LogP) is 3.61. The fraction of sp³-hybridized carbons (Fsp3) is 0.318. The molecular weight excluding hydrogens is 407 g/mol. The molecule has 4 N–H and O–H groups in total. The van der Waals surface area contributed by atoms with Crippen LogP contribution in [-0.4, -0.2) is 35.0 Å². The van der Waals surface area contributed by atoms with Gasteiger partial charge in [0.25, 0.3) is 0 Å². The smallest absolute Gasteiger partial charge is 0.366 e. The van der Waals surface area contributed by atoms with Gasteiger partial charge in [-0.2, -0.15) is 13.2 Å². The standard InChI is InChI=1S/C22H22F3N5O/c1-12-28-17-7-3-6-16(20(26)31)19(17)21(29-12)30-18-11-27-9-8-15(18)13-4-2-5-14(10-13)22(23,24)25/h2-7,10,15,18,27H,8-9,11H2,1H3,(H2,26,31)(H,28,29,30)/t15-,18+/m1/s1. The molecule has 0 aliphatic carbocycles. The van der Waals surface area contributed by atoms with E-state index in [2.05, 4.69) is 20.6 Å². The van der Waals surface area contributed by atoms with E-state index in [1.165, 1.54) is 12.1 Å². The number of hydrogen-bond acceptors (Lipinski definition) is 5. The van der Waals surface area contributed by atoms with Crippen molar-refractivity contribution in [1.82, 2.24) is 15.3 Å². The van der Waals surface area contributed by atoms with Gasteiger partial charge in [-0.15, -0.1) is 0 Å². The number of nitrogens with two attached hydrogens (primary N) is 1. The number of nitrogens with one attached hydrogen (secondary N) is 2. The molecule has 2 aromatic carbocycles. The minimum atomic E-state index is -4.40. The van der Waals surface area contributed by atoms with Crippen molar-refractivity contribution in [2.75, 3.05) is 18.4 Å². The molecule has 0 saturated carbocycles. The van der Waals surface area contributed by atoms with E-state index in [4.69, 9.17) is 5.73 Å². The third-order valence-corrected chi connectivity index (χ3v) is 5.55. The number of primary amides is 1. The zero-order chi connectivity index (χ0) is 22.2. The Kier molecular flexibility index (Phi) is 5.53. The predicted molar refractivity (Wildman–Crippen MR) is 112 cm³/mol. The molecule has 6 nitrogen and oxygen atoms in total. The molecular formula is C22H22F3N5O. The van der Waals surface area contributed by atoms with Crippen LogP contribution >= 0.6 is 0 Å². The minimum absolute atomic E-state index is 0.172. The summed E-state index contributed by atoms with van der Waals surface area (Å²) in [5.74, 6) is 0.186. The first-order valence-electron chi connectivity index (χ1n) is 9.95. The van der Waals surface area contributed by atoms with Gasteiger partial charge in [-0.1, -0.05) is 24.3 Å². The van der Waals surface area contributed by atoms with Gasteiger partial charge in [0.1, 0.15) is 11.6 Å². The zero-order valence-electron chi connectivity index (χ0n) is 16.8. The van der Waals surface area contributed by atoms with Crippen molar-refractivity contribution in [3.8, 4) is 0 Å². The van der Waals surface area contributed by atoms with Gasteiger partial charge in [0, 0.05) is 18.5 Å². The Morgan fingerprint density at radius 1 is 1.19 bits per heavy atom. The lowest BCUT2D eigenvalue weighted by molar-refractivity contribution is -0.137. The summed E-state index contributed by atoms with van der Waals surface area (Å²) in [5, 5.41) is 7.15. The fourth-order valence-corrected chi connectivity index (χ4v) is 4.14. The fourth-order valence-electron chi connectivity index (χ4n) is 4.14. The van der Waals surface area contributed by atoms with Gasteiger partial charge in [0.2, 0.25) is 5.91 Å². The highest BCUT2D eigenvalue weighted by Gasteiger charge is 2.33. The number of amides is 1. The third kappa shape index (κ3) is 4.32. The molecule has 0 unspecified atom stereocenters. The molecule has 1 amide bonds. The zero-order valence-corrected chi connectivity index (χ0v) is 16.8. The number of hydrogen-bond donors (Lipinski definition) is 3. The number of benzene rings is 2. The van der Waals surface area contributed by atoms with E-state index >= 15 is 0 Å². The first-order valence-corrected chi connectivity index (χ1v) is 9.95. The molecule has 2 heterocycles. The molecule has 1 aromatic heterocycles. The minimum Gasteiger partial charge on any atom is -0.366 e. The van der Waals surface area contributed by atoms with Crippen LogP contribution in [0.25, 0.3) is 10.9 Å². The molecule has 3 aromatic rings. The van der Waals surface area contributed by atoms with Crippen molar-refractivity contribution >= 4 is 22.6 Å². The van der Waals surface area contributed by atoms with Crippen molar-refractivity contribution in [1.29, 1.82) is 0 Å². The monoisotopic (exact) mass is 429 g/mol. The lowest BCUT2D eigenvalue weighted by atomic mass is 9.85. The number of anilines is 1. The van der Waals surface area contributed by atoms with E-state index in [1.807, 2.05) is 0 Å². The second-order valence-corrected chi connectivity index (χ2v) is 7.66. The number of alkyl halides is 3. The maximum atomic E-state index is 13.2. The van der Waals surface area contributed by atoms with Gasteiger partial charge < -0.3 is 16.4 Å². The van der Waals surface area contributed by atoms with Crippen LogP contribution in [0, 0.1) is 6.92 Å². The molecule has 31 heavy (non-hydrogen) atoms. The van der Waals surface area contributed by atoms with Gasteiger partial charge in [0.15, 0.2) is 0 Å². The highest BCUT2D eigenvalue weighted by atomic mass is 19.4. The first kappa shape index (κ1) is 21.0. The molecule has 4 rings (SSSR count). The third-order valence-electron chi connectivity index (χ3n) is 5.55. The van der Waals surface area contributed by atoms with E-state index in [0.717, 1.165) is 6.07 Å². The Morgan fingerprint density at radius 3 is 2.71 bits per heavy atom. The average molecular weight is 429 g/mol. The Morgan fingerprint density at radius 2 is 1.97 bits per heavy atom. The topological polar surface area (TPSA) is 92.9 Å². The molecule has 1 fully saturated rings. The molecule has 1 saturated heterocycles. The molecule has 0 radical (unpaired) electrons. The lowest BCUT2D eigenvalue weighted by Gasteiger charge is -2.34. The summed E-state index contributed by atoms with van der Waals surface area (Å²) in [7, 11) is 0. The normalized spacial score (nSPS) is 19.4. The Bertz CT molecular complexity index is 1130. The highest BCUT2D eigenvalue weighted by molar-refractivity contribution is 6.09. The molecule has 0 spiro atoms. The Balaban J connectivity index is 1.75. The number of aryl methyl sites for hydroxylation is 1. The number of aromatic nitrogens is 2. The van der Waals surface area contributed by atoms with Crippen LogP contribution in [0.15, 0.2) is 42.5 Å². The van der Waals surface area contributed by atoms with Gasteiger partial charge in [0.05, 0.1) is 22.0 Å². The summed E-state index contributed by atoms with van der Waals surface area (Å²) in [5.41, 5.74) is 6.37. The molecule has 9 heteroatoms. The second-order valence-electron chi connectivity index (χ2n) is 7.66. The number of carbonyl (C=O) groups is 1. The van der Waals surface area contributed by atoms with Crippen LogP contribution < -0.4 is 16.4 Å². The van der Waals surface area contributed by atoms with E-state index in [1.54, 1.807) is 31.2 Å². The largest absolute Gasteiger partial charge is 0.416 e. The molecule has 0 bridgehead atoms. The van der Waals surface area contributed by atoms with E-state index in [9.17, 15) is 18.0 Å². The van der Waals surface area contributed by atoms with E-state index in [0.29, 0.717) is 53.2 Å². The maximum absolute atomic E-state index is 13.2. The van der Waals surface area contributed by atoms with Crippen LogP contribution in [0.2, 0.25) is 0 Å².